The van der Waals surface area contributed by atoms with Crippen molar-refractivity contribution in [2.75, 3.05) is 45.1 Å². The highest BCUT2D eigenvalue weighted by atomic mass is 16.6. The van der Waals surface area contributed by atoms with Crippen LogP contribution in [0.5, 0.6) is 11.5 Å². The van der Waals surface area contributed by atoms with Crippen molar-refractivity contribution in [1.29, 1.82) is 0 Å². The Kier molecular flexibility index (Phi) is 4.22. The molecule has 116 valence electrons. The predicted octanol–water partition coefficient (Wildman–Crippen LogP) is 1.57. The lowest BCUT2D eigenvalue weighted by Gasteiger charge is -2.37. The van der Waals surface area contributed by atoms with Gasteiger partial charge in [-0.25, -0.2) is 0 Å². The molecule has 0 aliphatic carbocycles. The fraction of sp³-hybridized carbons (Fsp3) is 0.625. The average Bonchev–Trinajstić information content (AvgIpc) is 2.48. The van der Waals surface area contributed by atoms with Crippen molar-refractivity contribution in [3.05, 3.63) is 17.7 Å². The normalized spacial score (nSPS) is 20.0. The van der Waals surface area contributed by atoms with Crippen LogP contribution in [0.3, 0.4) is 0 Å². The molecule has 1 fully saturated rings. The molecule has 2 heterocycles. The highest BCUT2D eigenvalue weighted by Crippen LogP contribution is 2.34. The van der Waals surface area contributed by atoms with E-state index in [2.05, 4.69) is 23.6 Å². The van der Waals surface area contributed by atoms with Gasteiger partial charge in [-0.05, 0) is 25.5 Å². The predicted molar refractivity (Wildman–Crippen MR) is 83.8 cm³/mol. The minimum atomic E-state index is 0.600. The van der Waals surface area contributed by atoms with E-state index >= 15 is 0 Å². The number of hydrogen-bond acceptors (Lipinski definition) is 5. The van der Waals surface area contributed by atoms with Gasteiger partial charge >= 0.3 is 0 Å². The molecular weight excluding hydrogens is 266 g/mol. The van der Waals surface area contributed by atoms with Crippen molar-refractivity contribution in [2.45, 2.75) is 26.4 Å². The molecule has 0 radical (unpaired) electrons. The third kappa shape index (κ3) is 3.24. The molecule has 0 atom stereocenters. The van der Waals surface area contributed by atoms with Gasteiger partial charge in [0.2, 0.25) is 0 Å². The summed E-state index contributed by atoms with van der Waals surface area (Å²) in [6.45, 7) is 11.0. The summed E-state index contributed by atoms with van der Waals surface area (Å²) in [7, 11) is 0. The summed E-state index contributed by atoms with van der Waals surface area (Å²) in [6, 6.07) is 4.57. The molecule has 1 aromatic rings. The zero-order valence-electron chi connectivity index (χ0n) is 13.0. The van der Waals surface area contributed by atoms with Gasteiger partial charge < -0.3 is 15.2 Å². The van der Waals surface area contributed by atoms with Crippen LogP contribution in [0.2, 0.25) is 0 Å². The molecule has 5 heteroatoms. The lowest BCUT2D eigenvalue weighted by molar-refractivity contribution is 0.104. The van der Waals surface area contributed by atoms with Gasteiger partial charge in [0, 0.05) is 50.5 Å². The number of rotatable bonds is 3. The van der Waals surface area contributed by atoms with E-state index < -0.39 is 0 Å². The van der Waals surface area contributed by atoms with E-state index in [0.717, 1.165) is 55.5 Å². The monoisotopic (exact) mass is 291 g/mol. The number of anilines is 1. The molecule has 2 aliphatic rings. The van der Waals surface area contributed by atoms with E-state index in [0.29, 0.717) is 19.3 Å². The third-order valence-electron chi connectivity index (χ3n) is 4.34. The summed E-state index contributed by atoms with van der Waals surface area (Å²) >= 11 is 0. The third-order valence-corrected chi connectivity index (χ3v) is 4.34. The largest absolute Gasteiger partial charge is 0.486 e. The summed E-state index contributed by atoms with van der Waals surface area (Å²) in [6.07, 6.45) is 0. The van der Waals surface area contributed by atoms with E-state index in [4.69, 9.17) is 15.2 Å². The fourth-order valence-corrected chi connectivity index (χ4v) is 2.96. The van der Waals surface area contributed by atoms with E-state index in [1.807, 2.05) is 12.1 Å². The summed E-state index contributed by atoms with van der Waals surface area (Å²) < 4.78 is 11.2. The number of nitrogens with two attached hydrogens (primary N) is 1. The molecule has 0 aromatic heterocycles. The Bertz CT molecular complexity index is 497. The molecule has 1 aromatic carbocycles. The van der Waals surface area contributed by atoms with Gasteiger partial charge in [0.15, 0.2) is 11.5 Å². The lowest BCUT2D eigenvalue weighted by Crippen LogP contribution is -2.48. The Morgan fingerprint density at radius 3 is 2.29 bits per heavy atom. The standard InChI is InChI=1S/C16H25N3O2/c1-12(2)19-5-3-18(4-6-19)11-13-9-15-16(10-14(13)17)21-8-7-20-15/h9-10,12H,3-8,11,17H2,1-2H3. The first-order valence-corrected chi connectivity index (χ1v) is 7.78. The second kappa shape index (κ2) is 6.12. The molecule has 2 aliphatic heterocycles. The molecule has 2 N–H and O–H groups in total. The van der Waals surface area contributed by atoms with Crippen LogP contribution in [0.4, 0.5) is 5.69 Å². The fourth-order valence-electron chi connectivity index (χ4n) is 2.96. The van der Waals surface area contributed by atoms with Gasteiger partial charge in [-0.15, -0.1) is 0 Å². The molecule has 5 nitrogen and oxygen atoms in total. The Morgan fingerprint density at radius 1 is 1.05 bits per heavy atom. The second-order valence-electron chi connectivity index (χ2n) is 6.10. The van der Waals surface area contributed by atoms with Crippen LogP contribution in [0.1, 0.15) is 19.4 Å². The van der Waals surface area contributed by atoms with Crippen molar-refractivity contribution >= 4 is 5.69 Å². The number of nitrogen functional groups attached to an aromatic ring is 1. The Hall–Kier alpha value is -1.46. The molecule has 21 heavy (non-hydrogen) atoms. The van der Waals surface area contributed by atoms with Crippen LogP contribution in [-0.2, 0) is 6.54 Å². The second-order valence-corrected chi connectivity index (χ2v) is 6.10. The summed E-state index contributed by atoms with van der Waals surface area (Å²) in [5.74, 6) is 1.60. The van der Waals surface area contributed by atoms with Crippen molar-refractivity contribution in [2.24, 2.45) is 0 Å². The SMILES string of the molecule is CC(C)N1CCN(Cc2cc3c(cc2N)OCCO3)CC1. The highest BCUT2D eigenvalue weighted by molar-refractivity contribution is 5.58. The first kappa shape index (κ1) is 14.5. The Morgan fingerprint density at radius 2 is 1.67 bits per heavy atom. The molecule has 0 saturated carbocycles. The number of piperazine rings is 1. The van der Waals surface area contributed by atoms with Gasteiger partial charge in [-0.2, -0.15) is 0 Å². The van der Waals surface area contributed by atoms with Crippen molar-refractivity contribution in [1.82, 2.24) is 9.80 Å². The minimum Gasteiger partial charge on any atom is -0.486 e. The number of hydrogen-bond donors (Lipinski definition) is 1. The van der Waals surface area contributed by atoms with Crippen LogP contribution in [-0.4, -0.2) is 55.2 Å². The first-order chi connectivity index (χ1) is 10.1. The molecule has 1 saturated heterocycles. The summed E-state index contributed by atoms with van der Waals surface area (Å²) in [5, 5.41) is 0. The zero-order valence-corrected chi connectivity index (χ0v) is 13.0. The average molecular weight is 291 g/mol. The van der Waals surface area contributed by atoms with Crippen LogP contribution in [0.25, 0.3) is 0 Å². The van der Waals surface area contributed by atoms with Crippen LogP contribution in [0, 0.1) is 0 Å². The van der Waals surface area contributed by atoms with Gasteiger partial charge in [0.05, 0.1) is 0 Å². The van der Waals surface area contributed by atoms with Crippen LogP contribution < -0.4 is 15.2 Å². The lowest BCUT2D eigenvalue weighted by atomic mass is 10.1. The number of nitrogens with zero attached hydrogens (tertiary/aromatic N) is 2. The maximum Gasteiger partial charge on any atom is 0.163 e. The summed E-state index contributed by atoms with van der Waals surface area (Å²) in [5.41, 5.74) is 8.10. The quantitative estimate of drug-likeness (QED) is 0.857. The number of benzene rings is 1. The van der Waals surface area contributed by atoms with Crippen LogP contribution in [0.15, 0.2) is 12.1 Å². The molecular formula is C16H25N3O2. The highest BCUT2D eigenvalue weighted by Gasteiger charge is 2.21. The van der Waals surface area contributed by atoms with E-state index in [1.165, 1.54) is 0 Å². The molecule has 0 spiro atoms. The van der Waals surface area contributed by atoms with E-state index in [9.17, 15) is 0 Å². The maximum atomic E-state index is 6.16. The molecule has 3 rings (SSSR count). The summed E-state index contributed by atoms with van der Waals surface area (Å²) in [4.78, 5) is 4.98. The first-order valence-electron chi connectivity index (χ1n) is 7.78. The zero-order chi connectivity index (χ0) is 14.8. The van der Waals surface area contributed by atoms with Crippen molar-refractivity contribution < 1.29 is 9.47 Å². The van der Waals surface area contributed by atoms with E-state index in [-0.39, 0.29) is 0 Å². The van der Waals surface area contributed by atoms with Gasteiger partial charge in [0.25, 0.3) is 0 Å². The van der Waals surface area contributed by atoms with Crippen molar-refractivity contribution in [3.8, 4) is 11.5 Å². The Labute approximate surface area is 126 Å². The number of ether oxygens (including phenoxy) is 2. The number of fused-ring (bicyclic) bond motifs is 1. The molecule has 0 amide bonds. The van der Waals surface area contributed by atoms with Gasteiger partial charge in [0.1, 0.15) is 13.2 Å². The molecule has 0 unspecified atom stereocenters. The van der Waals surface area contributed by atoms with Crippen LogP contribution >= 0.6 is 0 Å². The minimum absolute atomic E-state index is 0.600. The van der Waals surface area contributed by atoms with Crippen molar-refractivity contribution in [3.63, 3.8) is 0 Å². The van der Waals surface area contributed by atoms with Gasteiger partial charge in [-0.1, -0.05) is 0 Å². The topological polar surface area (TPSA) is 51.0 Å². The maximum absolute atomic E-state index is 6.16. The van der Waals surface area contributed by atoms with E-state index in [1.54, 1.807) is 0 Å². The Balaban J connectivity index is 1.65. The molecule has 0 bridgehead atoms. The van der Waals surface area contributed by atoms with Gasteiger partial charge in [-0.3, -0.25) is 9.80 Å². The smallest absolute Gasteiger partial charge is 0.163 e.